The molecule has 0 bridgehead atoms. The minimum atomic E-state index is 0.0503. The summed E-state index contributed by atoms with van der Waals surface area (Å²) >= 11 is 0. The molecule has 2 N–H and O–H groups in total. The predicted molar refractivity (Wildman–Crippen MR) is 88.9 cm³/mol. The molecule has 21 heavy (non-hydrogen) atoms. The third kappa shape index (κ3) is 3.78. The molecule has 0 radical (unpaired) electrons. The lowest BCUT2D eigenvalue weighted by molar-refractivity contribution is 0.0929. The third-order valence-corrected chi connectivity index (χ3v) is 4.83. The number of anilines is 1. The van der Waals surface area contributed by atoms with Crippen molar-refractivity contribution in [2.75, 3.05) is 18.4 Å². The fraction of sp³-hybridized carbons (Fsp3) is 0.611. The second-order valence-electron chi connectivity index (χ2n) is 6.32. The predicted octanol–water partition coefficient (Wildman–Crippen LogP) is 4.13. The van der Waals surface area contributed by atoms with Crippen LogP contribution in [0.5, 0.6) is 0 Å². The molecular weight excluding hydrogens is 260 g/mol. The fourth-order valence-corrected chi connectivity index (χ4v) is 3.33. The first-order valence-corrected chi connectivity index (χ1v) is 8.23. The lowest BCUT2D eigenvalue weighted by Gasteiger charge is -2.27. The molecular formula is C18H28N2O. The third-order valence-electron chi connectivity index (χ3n) is 4.83. The number of hydrogen-bond acceptors (Lipinski definition) is 2. The number of amides is 1. The first-order chi connectivity index (χ1) is 10.1. The summed E-state index contributed by atoms with van der Waals surface area (Å²) in [6, 6.07) is 6.01. The molecule has 1 fully saturated rings. The summed E-state index contributed by atoms with van der Waals surface area (Å²) in [5.74, 6) is 0.0503. The van der Waals surface area contributed by atoms with E-state index in [9.17, 15) is 4.79 Å². The summed E-state index contributed by atoms with van der Waals surface area (Å²) in [5, 5.41) is 6.45. The van der Waals surface area contributed by atoms with Crippen LogP contribution in [0.15, 0.2) is 18.2 Å². The molecule has 0 aromatic heterocycles. The number of hydrogen-bond donors (Lipinski definition) is 2. The van der Waals surface area contributed by atoms with E-state index in [0.717, 1.165) is 36.3 Å². The maximum atomic E-state index is 12.6. The molecule has 1 aromatic carbocycles. The van der Waals surface area contributed by atoms with Gasteiger partial charge in [-0.1, -0.05) is 31.4 Å². The van der Waals surface area contributed by atoms with Crippen molar-refractivity contribution in [2.24, 2.45) is 5.41 Å². The molecule has 3 heteroatoms. The maximum absolute atomic E-state index is 12.6. The maximum Gasteiger partial charge on any atom is 0.253 e. The van der Waals surface area contributed by atoms with Crippen LogP contribution in [0.2, 0.25) is 0 Å². The van der Waals surface area contributed by atoms with Crippen LogP contribution in [0.3, 0.4) is 0 Å². The van der Waals surface area contributed by atoms with Crippen LogP contribution < -0.4 is 10.6 Å². The molecule has 2 rings (SSSR count). The molecule has 0 saturated heterocycles. The van der Waals surface area contributed by atoms with E-state index in [4.69, 9.17) is 0 Å². The van der Waals surface area contributed by atoms with E-state index in [-0.39, 0.29) is 5.91 Å². The molecule has 116 valence electrons. The van der Waals surface area contributed by atoms with Crippen molar-refractivity contribution in [1.29, 1.82) is 0 Å². The van der Waals surface area contributed by atoms with Crippen LogP contribution in [-0.4, -0.2) is 19.0 Å². The normalized spacial score (nSPS) is 16.7. The van der Waals surface area contributed by atoms with Crippen molar-refractivity contribution in [2.45, 2.75) is 52.9 Å². The second kappa shape index (κ2) is 6.97. The Labute approximate surface area is 128 Å². The minimum Gasteiger partial charge on any atom is -0.385 e. The average Bonchev–Trinajstić information content (AvgIpc) is 2.96. The SMILES string of the molecule is CCNc1ccc(C)cc1C(=O)NCC1(CC)CCCC1. The highest BCUT2D eigenvalue weighted by Crippen LogP contribution is 2.40. The molecule has 1 aliphatic carbocycles. The molecule has 0 atom stereocenters. The van der Waals surface area contributed by atoms with Gasteiger partial charge in [0, 0.05) is 18.8 Å². The van der Waals surface area contributed by atoms with E-state index in [1.807, 2.05) is 32.0 Å². The number of carbonyl (C=O) groups is 1. The summed E-state index contributed by atoms with van der Waals surface area (Å²) in [6.07, 6.45) is 6.25. The Kier molecular flexibility index (Phi) is 5.27. The van der Waals surface area contributed by atoms with Gasteiger partial charge in [-0.25, -0.2) is 0 Å². The van der Waals surface area contributed by atoms with Crippen LogP contribution >= 0.6 is 0 Å². The van der Waals surface area contributed by atoms with Crippen molar-refractivity contribution in [3.05, 3.63) is 29.3 Å². The second-order valence-corrected chi connectivity index (χ2v) is 6.32. The van der Waals surface area contributed by atoms with Crippen LogP contribution in [-0.2, 0) is 0 Å². The Hall–Kier alpha value is -1.51. The van der Waals surface area contributed by atoms with Crippen LogP contribution in [0.4, 0.5) is 5.69 Å². The van der Waals surface area contributed by atoms with Crippen molar-refractivity contribution in [3.8, 4) is 0 Å². The topological polar surface area (TPSA) is 41.1 Å². The molecule has 1 saturated carbocycles. The average molecular weight is 288 g/mol. The van der Waals surface area contributed by atoms with Crippen molar-refractivity contribution in [1.82, 2.24) is 5.32 Å². The van der Waals surface area contributed by atoms with Crippen molar-refractivity contribution >= 4 is 11.6 Å². The van der Waals surface area contributed by atoms with Gasteiger partial charge in [0.2, 0.25) is 0 Å². The Morgan fingerprint density at radius 3 is 2.57 bits per heavy atom. The molecule has 1 aliphatic rings. The summed E-state index contributed by atoms with van der Waals surface area (Å²) in [4.78, 5) is 12.6. The van der Waals surface area contributed by atoms with Gasteiger partial charge in [-0.3, -0.25) is 4.79 Å². The molecule has 3 nitrogen and oxygen atoms in total. The zero-order valence-corrected chi connectivity index (χ0v) is 13.6. The lowest BCUT2D eigenvalue weighted by Crippen LogP contribution is -2.36. The van der Waals surface area contributed by atoms with E-state index in [2.05, 4.69) is 17.6 Å². The van der Waals surface area contributed by atoms with Gasteiger partial charge >= 0.3 is 0 Å². The summed E-state index contributed by atoms with van der Waals surface area (Å²) < 4.78 is 0. The molecule has 1 amide bonds. The van der Waals surface area contributed by atoms with Gasteiger partial charge in [-0.15, -0.1) is 0 Å². The largest absolute Gasteiger partial charge is 0.385 e. The first-order valence-electron chi connectivity index (χ1n) is 8.23. The Balaban J connectivity index is 2.07. The van der Waals surface area contributed by atoms with E-state index >= 15 is 0 Å². The highest BCUT2D eigenvalue weighted by atomic mass is 16.1. The van der Waals surface area contributed by atoms with Gasteiger partial charge in [-0.2, -0.15) is 0 Å². The van der Waals surface area contributed by atoms with Crippen LogP contribution in [0.1, 0.15) is 61.9 Å². The molecule has 0 spiro atoms. The highest BCUT2D eigenvalue weighted by molar-refractivity contribution is 5.99. The molecule has 1 aromatic rings. The number of aryl methyl sites for hydroxylation is 1. The fourth-order valence-electron chi connectivity index (χ4n) is 3.33. The van der Waals surface area contributed by atoms with Crippen molar-refractivity contribution in [3.63, 3.8) is 0 Å². The van der Waals surface area contributed by atoms with Crippen LogP contribution in [0, 0.1) is 12.3 Å². The zero-order valence-electron chi connectivity index (χ0n) is 13.6. The standard InChI is InChI=1S/C18H28N2O/c1-4-18(10-6-7-11-18)13-20-17(21)15-12-14(3)8-9-16(15)19-5-2/h8-9,12,19H,4-7,10-11,13H2,1-3H3,(H,20,21). The van der Waals surface area contributed by atoms with E-state index in [1.165, 1.54) is 25.7 Å². The summed E-state index contributed by atoms with van der Waals surface area (Å²) in [6.45, 7) is 7.95. The Bertz CT molecular complexity index is 490. The van der Waals surface area contributed by atoms with Gasteiger partial charge in [0.1, 0.15) is 0 Å². The summed E-state index contributed by atoms with van der Waals surface area (Å²) in [5.41, 5.74) is 3.14. The summed E-state index contributed by atoms with van der Waals surface area (Å²) in [7, 11) is 0. The molecule has 0 aliphatic heterocycles. The van der Waals surface area contributed by atoms with E-state index in [1.54, 1.807) is 0 Å². The Morgan fingerprint density at radius 1 is 1.24 bits per heavy atom. The molecule has 0 unspecified atom stereocenters. The molecule has 0 heterocycles. The van der Waals surface area contributed by atoms with Crippen molar-refractivity contribution < 1.29 is 4.79 Å². The van der Waals surface area contributed by atoms with Gasteiger partial charge in [-0.05, 0) is 50.7 Å². The van der Waals surface area contributed by atoms with E-state index < -0.39 is 0 Å². The van der Waals surface area contributed by atoms with Gasteiger partial charge < -0.3 is 10.6 Å². The van der Waals surface area contributed by atoms with Gasteiger partial charge in [0.05, 0.1) is 5.56 Å². The lowest BCUT2D eigenvalue weighted by atomic mass is 9.83. The smallest absolute Gasteiger partial charge is 0.253 e. The Morgan fingerprint density at radius 2 is 1.95 bits per heavy atom. The minimum absolute atomic E-state index is 0.0503. The van der Waals surface area contributed by atoms with Gasteiger partial charge in [0.25, 0.3) is 5.91 Å². The van der Waals surface area contributed by atoms with Gasteiger partial charge in [0.15, 0.2) is 0 Å². The highest BCUT2D eigenvalue weighted by Gasteiger charge is 2.32. The number of rotatable bonds is 6. The monoisotopic (exact) mass is 288 g/mol. The van der Waals surface area contributed by atoms with Crippen LogP contribution in [0.25, 0.3) is 0 Å². The van der Waals surface area contributed by atoms with E-state index in [0.29, 0.717) is 5.41 Å². The number of carbonyl (C=O) groups excluding carboxylic acids is 1. The zero-order chi connectivity index (χ0) is 15.3. The quantitative estimate of drug-likeness (QED) is 0.826. The number of nitrogens with one attached hydrogen (secondary N) is 2. The number of benzene rings is 1. The first kappa shape index (κ1) is 15.9.